The fourth-order valence-corrected chi connectivity index (χ4v) is 3.50. The number of thiophene rings is 1. The van der Waals surface area contributed by atoms with Crippen molar-refractivity contribution in [2.45, 2.75) is 13.5 Å². The summed E-state index contributed by atoms with van der Waals surface area (Å²) in [5.41, 5.74) is 2.86. The van der Waals surface area contributed by atoms with E-state index in [9.17, 15) is 0 Å². The molecule has 3 heteroatoms. The summed E-state index contributed by atoms with van der Waals surface area (Å²) in [7, 11) is 2.21. The van der Waals surface area contributed by atoms with Crippen molar-refractivity contribution in [2.75, 3.05) is 33.2 Å². The molecule has 2 aromatic rings. The predicted molar refractivity (Wildman–Crippen MR) is 79.3 cm³/mol. The number of benzene rings is 1. The topological polar surface area (TPSA) is 6.48 Å². The van der Waals surface area contributed by atoms with Gasteiger partial charge in [-0.3, -0.25) is 4.90 Å². The molecular formula is C15H20N2S. The molecule has 0 amide bonds. The number of aryl methyl sites for hydroxylation is 1. The molecule has 0 radical (unpaired) electrons. The van der Waals surface area contributed by atoms with E-state index in [2.05, 4.69) is 47.4 Å². The highest BCUT2D eigenvalue weighted by Crippen LogP contribution is 2.28. The Kier molecular flexibility index (Phi) is 3.37. The first-order valence-electron chi connectivity index (χ1n) is 6.60. The van der Waals surface area contributed by atoms with Crippen molar-refractivity contribution in [1.82, 2.24) is 9.80 Å². The van der Waals surface area contributed by atoms with Gasteiger partial charge in [-0.15, -0.1) is 11.3 Å². The molecule has 0 saturated carbocycles. The molecule has 0 spiro atoms. The molecule has 1 aliphatic rings. The van der Waals surface area contributed by atoms with E-state index in [0.717, 1.165) is 6.54 Å². The zero-order valence-electron chi connectivity index (χ0n) is 11.1. The molecule has 0 atom stereocenters. The average Bonchev–Trinajstić information content (AvgIpc) is 2.75. The fraction of sp³-hybridized carbons (Fsp3) is 0.467. The maximum atomic E-state index is 2.57. The molecule has 1 aliphatic heterocycles. The Morgan fingerprint density at radius 2 is 1.94 bits per heavy atom. The third kappa shape index (κ3) is 2.44. The first-order chi connectivity index (χ1) is 8.72. The summed E-state index contributed by atoms with van der Waals surface area (Å²) in [6.45, 7) is 8.07. The fourth-order valence-electron chi connectivity index (χ4n) is 2.56. The van der Waals surface area contributed by atoms with Gasteiger partial charge in [-0.1, -0.05) is 17.7 Å². The van der Waals surface area contributed by atoms with Crippen LogP contribution in [0.25, 0.3) is 10.1 Å². The minimum Gasteiger partial charge on any atom is -0.304 e. The molecule has 1 saturated heterocycles. The van der Waals surface area contributed by atoms with Crippen molar-refractivity contribution in [3.63, 3.8) is 0 Å². The van der Waals surface area contributed by atoms with Gasteiger partial charge in [-0.25, -0.2) is 0 Å². The van der Waals surface area contributed by atoms with Crippen LogP contribution in [-0.4, -0.2) is 43.0 Å². The molecule has 3 rings (SSSR count). The Bertz CT molecular complexity index is 538. The summed E-state index contributed by atoms with van der Waals surface area (Å²) < 4.78 is 1.42. The molecule has 0 N–H and O–H groups in total. The lowest BCUT2D eigenvalue weighted by Gasteiger charge is -2.32. The zero-order chi connectivity index (χ0) is 12.5. The van der Waals surface area contributed by atoms with Crippen molar-refractivity contribution in [3.8, 4) is 0 Å². The number of rotatable bonds is 2. The van der Waals surface area contributed by atoms with Crippen LogP contribution in [0.5, 0.6) is 0 Å². The van der Waals surface area contributed by atoms with Crippen LogP contribution in [0.1, 0.15) is 11.1 Å². The maximum Gasteiger partial charge on any atom is 0.0346 e. The Hall–Kier alpha value is -0.900. The average molecular weight is 260 g/mol. The van der Waals surface area contributed by atoms with Crippen LogP contribution in [0.4, 0.5) is 0 Å². The molecule has 0 aliphatic carbocycles. The minimum absolute atomic E-state index is 1.11. The lowest BCUT2D eigenvalue weighted by Crippen LogP contribution is -2.43. The van der Waals surface area contributed by atoms with Crippen molar-refractivity contribution in [1.29, 1.82) is 0 Å². The van der Waals surface area contributed by atoms with Crippen LogP contribution in [-0.2, 0) is 6.54 Å². The molecule has 0 unspecified atom stereocenters. The number of hydrogen-bond acceptors (Lipinski definition) is 3. The lowest BCUT2D eigenvalue weighted by molar-refractivity contribution is 0.148. The van der Waals surface area contributed by atoms with Crippen LogP contribution in [0.2, 0.25) is 0 Å². The molecule has 1 aromatic carbocycles. The summed E-state index contributed by atoms with van der Waals surface area (Å²) >= 11 is 1.87. The van der Waals surface area contributed by atoms with Gasteiger partial charge in [0.15, 0.2) is 0 Å². The van der Waals surface area contributed by atoms with E-state index in [4.69, 9.17) is 0 Å². The first kappa shape index (κ1) is 12.2. The van der Waals surface area contributed by atoms with Gasteiger partial charge in [0.2, 0.25) is 0 Å². The van der Waals surface area contributed by atoms with Crippen LogP contribution in [0.15, 0.2) is 23.6 Å². The molecular weight excluding hydrogens is 240 g/mol. The van der Waals surface area contributed by atoms with Crippen molar-refractivity contribution >= 4 is 21.4 Å². The summed E-state index contributed by atoms with van der Waals surface area (Å²) in [4.78, 5) is 4.98. The number of hydrogen-bond donors (Lipinski definition) is 0. The van der Waals surface area contributed by atoms with Crippen LogP contribution in [0, 0.1) is 6.92 Å². The Balaban J connectivity index is 1.80. The third-order valence-corrected chi connectivity index (χ3v) is 4.81. The molecule has 1 aromatic heterocycles. The highest BCUT2D eigenvalue weighted by molar-refractivity contribution is 7.17. The smallest absolute Gasteiger partial charge is 0.0346 e. The van der Waals surface area contributed by atoms with Crippen molar-refractivity contribution in [2.24, 2.45) is 0 Å². The lowest BCUT2D eigenvalue weighted by atomic mass is 10.1. The second kappa shape index (κ2) is 5.00. The van der Waals surface area contributed by atoms with Gasteiger partial charge in [0, 0.05) is 37.4 Å². The maximum absolute atomic E-state index is 2.57. The molecule has 0 bridgehead atoms. The molecule has 2 nitrogen and oxygen atoms in total. The van der Waals surface area contributed by atoms with Gasteiger partial charge in [-0.05, 0) is 36.4 Å². The van der Waals surface area contributed by atoms with Crippen molar-refractivity contribution < 1.29 is 0 Å². The van der Waals surface area contributed by atoms with Gasteiger partial charge >= 0.3 is 0 Å². The summed E-state index contributed by atoms with van der Waals surface area (Å²) in [5, 5.41) is 3.79. The van der Waals surface area contributed by atoms with E-state index in [1.807, 2.05) is 11.3 Å². The normalized spacial score (nSPS) is 18.6. The minimum atomic E-state index is 1.11. The zero-order valence-corrected chi connectivity index (χ0v) is 12.0. The largest absolute Gasteiger partial charge is 0.304 e. The van der Waals surface area contributed by atoms with E-state index in [-0.39, 0.29) is 0 Å². The molecule has 18 heavy (non-hydrogen) atoms. The summed E-state index contributed by atoms with van der Waals surface area (Å²) in [6, 6.07) is 6.79. The van der Waals surface area contributed by atoms with Crippen molar-refractivity contribution in [3.05, 3.63) is 34.7 Å². The van der Waals surface area contributed by atoms with Gasteiger partial charge < -0.3 is 4.90 Å². The Labute approximate surface area is 113 Å². The van der Waals surface area contributed by atoms with E-state index < -0.39 is 0 Å². The number of piperazine rings is 1. The second-order valence-corrected chi connectivity index (χ2v) is 6.25. The van der Waals surface area contributed by atoms with Gasteiger partial charge in [0.05, 0.1) is 0 Å². The Morgan fingerprint density at radius 3 is 2.72 bits per heavy atom. The molecule has 2 heterocycles. The van der Waals surface area contributed by atoms with Crippen LogP contribution >= 0.6 is 11.3 Å². The van der Waals surface area contributed by atoms with Crippen LogP contribution in [0.3, 0.4) is 0 Å². The highest BCUT2D eigenvalue weighted by Gasteiger charge is 2.15. The summed E-state index contributed by atoms with van der Waals surface area (Å²) in [5.74, 6) is 0. The quantitative estimate of drug-likeness (QED) is 0.819. The monoisotopic (exact) mass is 260 g/mol. The number of nitrogens with zero attached hydrogens (tertiary/aromatic N) is 2. The highest BCUT2D eigenvalue weighted by atomic mass is 32.1. The van der Waals surface area contributed by atoms with E-state index >= 15 is 0 Å². The molecule has 96 valence electrons. The van der Waals surface area contributed by atoms with Crippen LogP contribution < -0.4 is 0 Å². The van der Waals surface area contributed by atoms with Gasteiger partial charge in [0.25, 0.3) is 0 Å². The summed E-state index contributed by atoms with van der Waals surface area (Å²) in [6.07, 6.45) is 0. The third-order valence-electron chi connectivity index (χ3n) is 3.80. The first-order valence-corrected chi connectivity index (χ1v) is 7.48. The second-order valence-electron chi connectivity index (χ2n) is 5.34. The number of fused-ring (bicyclic) bond motifs is 1. The molecule has 1 fully saturated rings. The van der Waals surface area contributed by atoms with E-state index in [0.29, 0.717) is 0 Å². The van der Waals surface area contributed by atoms with Gasteiger partial charge in [0.1, 0.15) is 0 Å². The predicted octanol–water partition coefficient (Wildman–Crippen LogP) is 2.96. The van der Waals surface area contributed by atoms with Gasteiger partial charge in [-0.2, -0.15) is 0 Å². The van der Waals surface area contributed by atoms with E-state index in [1.54, 1.807) is 0 Å². The SMILES string of the molecule is Cc1ccc2scc(CN3CCN(C)CC3)c2c1. The standard InChI is InChI=1S/C15H20N2S/c1-12-3-4-15-14(9-12)13(11-18-15)10-17-7-5-16(2)6-8-17/h3-4,9,11H,5-8,10H2,1-2H3. The Morgan fingerprint density at radius 1 is 1.17 bits per heavy atom. The van der Waals surface area contributed by atoms with E-state index in [1.165, 1.54) is 47.4 Å². The number of likely N-dealkylation sites (N-methyl/N-ethyl adjacent to an activating group) is 1.